The number of hydrogen-bond donors (Lipinski definition) is 1. The van der Waals surface area contributed by atoms with Gasteiger partial charge in [0, 0.05) is 40.5 Å². The summed E-state index contributed by atoms with van der Waals surface area (Å²) >= 11 is 0. The monoisotopic (exact) mass is 487 g/mol. The average molecular weight is 488 g/mol. The number of methoxy groups -OCH3 is 1. The Kier molecular flexibility index (Phi) is 7.96. The molecule has 3 rings (SSSR count). The highest BCUT2D eigenvalue weighted by Gasteiger charge is 2.20. The Balaban J connectivity index is 1.65. The van der Waals surface area contributed by atoms with Gasteiger partial charge >= 0.3 is 0 Å². The summed E-state index contributed by atoms with van der Waals surface area (Å²) in [6.45, 7) is 0.479. The highest BCUT2D eigenvalue weighted by molar-refractivity contribution is 7.89. The van der Waals surface area contributed by atoms with Gasteiger partial charge in [-0.15, -0.1) is 0 Å². The average Bonchev–Trinajstić information content (AvgIpc) is 3.12. The van der Waals surface area contributed by atoms with E-state index in [1.54, 1.807) is 25.3 Å². The minimum Gasteiger partial charge on any atom is -0.497 e. The molecule has 2 aromatic carbocycles. The van der Waals surface area contributed by atoms with E-state index in [2.05, 4.69) is 15.2 Å². The quantitative estimate of drug-likeness (QED) is 0.471. The van der Waals surface area contributed by atoms with Crippen LogP contribution in [0.2, 0.25) is 0 Å². The summed E-state index contributed by atoms with van der Waals surface area (Å²) in [5.41, 5.74) is 2.50. The number of aryl methyl sites for hydroxylation is 2. The number of likely N-dealkylation sites (N-methyl/N-ethyl adjacent to an activating group) is 1. The smallest absolute Gasteiger partial charge is 0.242 e. The van der Waals surface area contributed by atoms with E-state index in [1.807, 2.05) is 50.0 Å². The number of hydrogen-bond acceptors (Lipinski definition) is 6. The van der Waals surface area contributed by atoms with Gasteiger partial charge < -0.3 is 19.5 Å². The molecule has 0 aliphatic rings. The predicted molar refractivity (Wildman–Crippen MR) is 132 cm³/mol. The summed E-state index contributed by atoms with van der Waals surface area (Å²) in [6.07, 6.45) is 0.727. The van der Waals surface area contributed by atoms with E-state index in [0.717, 1.165) is 22.7 Å². The summed E-state index contributed by atoms with van der Waals surface area (Å²) in [4.78, 5) is 19.4. The molecule has 1 atom stereocenters. The molecule has 0 fully saturated rings. The Hall–Kier alpha value is -2.95. The van der Waals surface area contributed by atoms with Crippen molar-refractivity contribution >= 4 is 27.0 Å². The van der Waals surface area contributed by atoms with E-state index in [-0.39, 0.29) is 23.3 Å². The Morgan fingerprint density at radius 2 is 1.79 bits per heavy atom. The second kappa shape index (κ2) is 10.5. The number of ether oxygens (including phenoxy) is 1. The van der Waals surface area contributed by atoms with Crippen molar-refractivity contribution in [3.63, 3.8) is 0 Å². The first-order valence-corrected chi connectivity index (χ1v) is 12.4. The molecule has 1 heterocycles. The van der Waals surface area contributed by atoms with Crippen LogP contribution in [0.4, 0.5) is 0 Å². The molecule has 10 heteroatoms. The first-order chi connectivity index (χ1) is 16.0. The fourth-order valence-electron chi connectivity index (χ4n) is 3.77. The molecule has 34 heavy (non-hydrogen) atoms. The zero-order chi connectivity index (χ0) is 25.0. The zero-order valence-corrected chi connectivity index (χ0v) is 21.4. The van der Waals surface area contributed by atoms with Crippen LogP contribution in [-0.2, 0) is 28.3 Å². The molecule has 0 radical (unpaired) electrons. The fraction of sp³-hybridized carbons (Fsp3) is 0.417. The second-order valence-electron chi connectivity index (χ2n) is 8.58. The lowest BCUT2D eigenvalue weighted by molar-refractivity contribution is -0.121. The van der Waals surface area contributed by atoms with Crippen LogP contribution in [0.3, 0.4) is 0 Å². The van der Waals surface area contributed by atoms with Crippen LogP contribution >= 0.6 is 0 Å². The van der Waals surface area contributed by atoms with E-state index < -0.39 is 10.0 Å². The van der Waals surface area contributed by atoms with E-state index in [4.69, 9.17) is 4.74 Å². The van der Waals surface area contributed by atoms with Crippen molar-refractivity contribution in [1.29, 1.82) is 0 Å². The maximum atomic E-state index is 12.6. The second-order valence-corrected chi connectivity index (χ2v) is 10.7. The van der Waals surface area contributed by atoms with Gasteiger partial charge in [0.05, 0.1) is 29.1 Å². The number of fused-ring (bicyclic) bond motifs is 1. The van der Waals surface area contributed by atoms with Gasteiger partial charge in [-0.2, -0.15) is 0 Å². The van der Waals surface area contributed by atoms with Gasteiger partial charge in [0.2, 0.25) is 15.9 Å². The van der Waals surface area contributed by atoms with Crippen molar-refractivity contribution in [3.8, 4) is 5.75 Å². The van der Waals surface area contributed by atoms with Crippen LogP contribution in [0.5, 0.6) is 5.75 Å². The third-order valence-corrected chi connectivity index (χ3v) is 7.73. The summed E-state index contributed by atoms with van der Waals surface area (Å²) in [5, 5.41) is 3.02. The molecule has 0 saturated carbocycles. The Bertz CT molecular complexity index is 1250. The van der Waals surface area contributed by atoms with Crippen molar-refractivity contribution < 1.29 is 17.9 Å². The van der Waals surface area contributed by atoms with Crippen molar-refractivity contribution in [2.45, 2.75) is 23.8 Å². The predicted octanol–water partition coefficient (Wildman–Crippen LogP) is 2.18. The first-order valence-electron chi connectivity index (χ1n) is 11.0. The van der Waals surface area contributed by atoms with Gasteiger partial charge in [-0.05, 0) is 50.0 Å². The van der Waals surface area contributed by atoms with Gasteiger partial charge in [0.15, 0.2) is 0 Å². The van der Waals surface area contributed by atoms with Crippen molar-refractivity contribution in [3.05, 3.63) is 53.9 Å². The lowest BCUT2D eigenvalue weighted by Crippen LogP contribution is -2.34. The van der Waals surface area contributed by atoms with Crippen LogP contribution in [0, 0.1) is 0 Å². The molecule has 0 bridgehead atoms. The number of sulfonamides is 1. The molecule has 1 N–H and O–H groups in total. The molecule has 0 aliphatic carbocycles. The van der Waals surface area contributed by atoms with Gasteiger partial charge in [-0.25, -0.2) is 17.7 Å². The standard InChI is InChI=1S/C24H33N5O4S/c1-27(2)22(17-7-9-18(33-6)10-8-17)16-25-24(30)14-13-23-26-20-15-19(34(31,32)28(3)4)11-12-21(20)29(23)5/h7-12,15,22H,13-14,16H2,1-6H3,(H,25,30)/t22-/m1/s1. The molecule has 0 spiro atoms. The minimum atomic E-state index is -3.54. The highest BCUT2D eigenvalue weighted by atomic mass is 32.2. The van der Waals surface area contributed by atoms with E-state index in [9.17, 15) is 13.2 Å². The Morgan fingerprint density at radius 3 is 2.38 bits per heavy atom. The zero-order valence-electron chi connectivity index (χ0n) is 20.6. The topological polar surface area (TPSA) is 96.8 Å². The molecule has 184 valence electrons. The SMILES string of the molecule is COc1ccc([C@@H](CNC(=O)CCc2nc3cc(S(=O)(=O)N(C)C)ccc3n2C)N(C)C)cc1. The van der Waals surface area contributed by atoms with Gasteiger partial charge in [-0.3, -0.25) is 4.79 Å². The van der Waals surface area contributed by atoms with E-state index in [0.29, 0.717) is 18.5 Å². The number of amides is 1. The molecular formula is C24H33N5O4S. The Labute approximate surface area is 201 Å². The van der Waals surface area contributed by atoms with E-state index >= 15 is 0 Å². The molecule has 1 aromatic heterocycles. The van der Waals surface area contributed by atoms with Crippen molar-refractivity contribution in [1.82, 2.24) is 24.1 Å². The maximum Gasteiger partial charge on any atom is 0.242 e. The third kappa shape index (κ3) is 5.57. The third-order valence-electron chi connectivity index (χ3n) is 5.92. The Morgan fingerprint density at radius 1 is 1.12 bits per heavy atom. The number of nitrogens with zero attached hydrogens (tertiary/aromatic N) is 4. The fourth-order valence-corrected chi connectivity index (χ4v) is 4.70. The number of rotatable bonds is 10. The molecule has 0 unspecified atom stereocenters. The first kappa shape index (κ1) is 25.7. The molecule has 0 saturated heterocycles. The summed E-state index contributed by atoms with van der Waals surface area (Å²) in [7, 11) is 6.91. The lowest BCUT2D eigenvalue weighted by atomic mass is 10.1. The highest BCUT2D eigenvalue weighted by Crippen LogP contribution is 2.23. The lowest BCUT2D eigenvalue weighted by Gasteiger charge is -2.25. The molecule has 0 aliphatic heterocycles. The molecular weight excluding hydrogens is 454 g/mol. The summed E-state index contributed by atoms with van der Waals surface area (Å²) < 4.78 is 33.1. The van der Waals surface area contributed by atoms with Crippen LogP contribution in [0.1, 0.15) is 23.9 Å². The number of carbonyl (C=O) groups is 1. The largest absolute Gasteiger partial charge is 0.497 e. The minimum absolute atomic E-state index is 0.0303. The van der Waals surface area contributed by atoms with Crippen molar-refractivity contribution in [2.75, 3.05) is 41.8 Å². The number of carbonyl (C=O) groups excluding carboxylic acids is 1. The number of imidazole rings is 1. The van der Waals surface area contributed by atoms with Gasteiger partial charge in [0.1, 0.15) is 11.6 Å². The summed E-state index contributed by atoms with van der Waals surface area (Å²) in [5.74, 6) is 1.45. The van der Waals surface area contributed by atoms with Gasteiger partial charge in [0.25, 0.3) is 0 Å². The van der Waals surface area contributed by atoms with Gasteiger partial charge in [-0.1, -0.05) is 12.1 Å². The van der Waals surface area contributed by atoms with Crippen LogP contribution < -0.4 is 10.1 Å². The molecule has 1 amide bonds. The normalized spacial score (nSPS) is 12.9. The number of benzene rings is 2. The van der Waals surface area contributed by atoms with Crippen LogP contribution in [0.15, 0.2) is 47.4 Å². The summed E-state index contributed by atoms with van der Waals surface area (Å²) in [6, 6.07) is 12.8. The van der Waals surface area contributed by atoms with Crippen LogP contribution in [0.25, 0.3) is 11.0 Å². The molecule has 9 nitrogen and oxygen atoms in total. The number of nitrogens with one attached hydrogen (secondary N) is 1. The molecule has 3 aromatic rings. The van der Waals surface area contributed by atoms with Crippen LogP contribution in [-0.4, -0.2) is 74.9 Å². The van der Waals surface area contributed by atoms with Crippen molar-refractivity contribution in [2.24, 2.45) is 7.05 Å². The number of aromatic nitrogens is 2. The van der Waals surface area contributed by atoms with E-state index in [1.165, 1.54) is 18.4 Å². The maximum absolute atomic E-state index is 12.6.